The van der Waals surface area contributed by atoms with E-state index in [0.717, 1.165) is 5.56 Å². The lowest BCUT2D eigenvalue weighted by Crippen LogP contribution is -2.07. The molecule has 1 aromatic carbocycles. The molecule has 0 aliphatic heterocycles. The van der Waals surface area contributed by atoms with Crippen LogP contribution in [0.15, 0.2) is 35.7 Å². The molecule has 0 aliphatic carbocycles. The molecule has 0 saturated heterocycles. The van der Waals surface area contributed by atoms with E-state index in [9.17, 15) is 9.59 Å². The lowest BCUT2D eigenvalue weighted by atomic mass is 9.97. The molecule has 1 N–H and O–H groups in total. The highest BCUT2D eigenvalue weighted by Gasteiger charge is 2.15. The van der Waals surface area contributed by atoms with Crippen LogP contribution in [-0.4, -0.2) is 16.9 Å². The van der Waals surface area contributed by atoms with E-state index >= 15 is 0 Å². The maximum absolute atomic E-state index is 12.2. The molecule has 0 saturated carbocycles. The average Bonchev–Trinajstić information content (AvgIpc) is 2.84. The lowest BCUT2D eigenvalue weighted by Gasteiger charge is -2.08. The first kappa shape index (κ1) is 12.5. The Morgan fingerprint density at radius 1 is 1.22 bits per heavy atom. The standard InChI is InChI=1S/C14H12O3S/c1-9-10(8-13(15)16)4-2-5-11(9)14(17)12-6-3-7-18-12/h2-7H,8H2,1H3,(H,15,16). The summed E-state index contributed by atoms with van der Waals surface area (Å²) in [5.74, 6) is -0.937. The average molecular weight is 260 g/mol. The fourth-order valence-electron chi connectivity index (χ4n) is 1.82. The largest absolute Gasteiger partial charge is 0.481 e. The Labute approximate surface area is 109 Å². The summed E-state index contributed by atoms with van der Waals surface area (Å²) in [7, 11) is 0. The molecule has 3 nitrogen and oxygen atoms in total. The van der Waals surface area contributed by atoms with Crippen LogP contribution in [0.25, 0.3) is 0 Å². The zero-order chi connectivity index (χ0) is 13.1. The molecule has 0 unspecified atom stereocenters. The van der Waals surface area contributed by atoms with Gasteiger partial charge in [-0.1, -0.05) is 24.3 Å². The van der Waals surface area contributed by atoms with Gasteiger partial charge in [0.1, 0.15) is 0 Å². The van der Waals surface area contributed by atoms with Gasteiger partial charge in [0.25, 0.3) is 0 Å². The van der Waals surface area contributed by atoms with Crippen molar-refractivity contribution >= 4 is 23.1 Å². The van der Waals surface area contributed by atoms with Crippen LogP contribution in [0.2, 0.25) is 0 Å². The van der Waals surface area contributed by atoms with E-state index in [1.165, 1.54) is 11.3 Å². The number of hydrogen-bond acceptors (Lipinski definition) is 3. The van der Waals surface area contributed by atoms with E-state index in [2.05, 4.69) is 0 Å². The third-order valence-electron chi connectivity index (χ3n) is 2.78. The number of carboxylic acid groups (broad SMARTS) is 1. The topological polar surface area (TPSA) is 54.4 Å². The molecular formula is C14H12O3S. The summed E-state index contributed by atoms with van der Waals surface area (Å²) in [6, 6.07) is 8.81. The molecule has 1 heterocycles. The molecule has 2 rings (SSSR count). The van der Waals surface area contributed by atoms with Gasteiger partial charge in [0.15, 0.2) is 0 Å². The summed E-state index contributed by atoms with van der Waals surface area (Å²) in [6.45, 7) is 1.79. The molecule has 0 atom stereocenters. The first-order chi connectivity index (χ1) is 8.59. The smallest absolute Gasteiger partial charge is 0.307 e. The van der Waals surface area contributed by atoms with Crippen molar-refractivity contribution in [1.82, 2.24) is 0 Å². The summed E-state index contributed by atoms with van der Waals surface area (Å²) < 4.78 is 0. The van der Waals surface area contributed by atoms with Crippen LogP contribution in [0, 0.1) is 6.92 Å². The molecule has 0 spiro atoms. The van der Waals surface area contributed by atoms with Crippen molar-refractivity contribution in [1.29, 1.82) is 0 Å². The summed E-state index contributed by atoms with van der Waals surface area (Å²) in [6.07, 6.45) is -0.0581. The molecule has 0 amide bonds. The minimum absolute atomic E-state index is 0.0465. The normalized spacial score (nSPS) is 10.3. The lowest BCUT2D eigenvalue weighted by molar-refractivity contribution is -0.136. The zero-order valence-corrected chi connectivity index (χ0v) is 10.7. The molecule has 4 heteroatoms. The second kappa shape index (κ2) is 5.14. The van der Waals surface area contributed by atoms with E-state index in [1.54, 1.807) is 31.2 Å². The van der Waals surface area contributed by atoms with Crippen molar-refractivity contribution in [2.24, 2.45) is 0 Å². The van der Waals surface area contributed by atoms with Crippen LogP contribution in [-0.2, 0) is 11.2 Å². The van der Waals surface area contributed by atoms with Crippen LogP contribution in [0.1, 0.15) is 26.4 Å². The van der Waals surface area contributed by atoms with Gasteiger partial charge >= 0.3 is 5.97 Å². The molecule has 0 bridgehead atoms. The van der Waals surface area contributed by atoms with Crippen molar-refractivity contribution in [3.63, 3.8) is 0 Å². The van der Waals surface area contributed by atoms with Crippen LogP contribution in [0.4, 0.5) is 0 Å². The van der Waals surface area contributed by atoms with Crippen LogP contribution < -0.4 is 0 Å². The Morgan fingerprint density at radius 3 is 2.61 bits per heavy atom. The van der Waals surface area contributed by atoms with Gasteiger partial charge in [-0.2, -0.15) is 0 Å². The van der Waals surface area contributed by atoms with Gasteiger partial charge in [0.2, 0.25) is 5.78 Å². The highest BCUT2D eigenvalue weighted by Crippen LogP contribution is 2.20. The number of carbonyl (C=O) groups is 2. The Hall–Kier alpha value is -1.94. The third-order valence-corrected chi connectivity index (χ3v) is 3.65. The zero-order valence-electron chi connectivity index (χ0n) is 9.84. The molecule has 92 valence electrons. The molecule has 2 aromatic rings. The van der Waals surface area contributed by atoms with Gasteiger partial charge in [-0.15, -0.1) is 11.3 Å². The Morgan fingerprint density at radius 2 is 2.00 bits per heavy atom. The number of carbonyl (C=O) groups excluding carboxylic acids is 1. The van der Waals surface area contributed by atoms with E-state index in [0.29, 0.717) is 16.0 Å². The van der Waals surface area contributed by atoms with Gasteiger partial charge in [-0.25, -0.2) is 0 Å². The Bertz CT molecular complexity index is 585. The van der Waals surface area contributed by atoms with Crippen molar-refractivity contribution in [2.45, 2.75) is 13.3 Å². The number of thiophene rings is 1. The van der Waals surface area contributed by atoms with Gasteiger partial charge < -0.3 is 5.11 Å². The molecule has 18 heavy (non-hydrogen) atoms. The Balaban J connectivity index is 2.40. The predicted molar refractivity (Wildman–Crippen MR) is 70.3 cm³/mol. The summed E-state index contributed by atoms with van der Waals surface area (Å²) in [5, 5.41) is 10.7. The van der Waals surface area contributed by atoms with Gasteiger partial charge in [0, 0.05) is 5.56 Å². The molecule has 0 fully saturated rings. The highest BCUT2D eigenvalue weighted by atomic mass is 32.1. The van der Waals surface area contributed by atoms with E-state index in [4.69, 9.17) is 5.11 Å². The highest BCUT2D eigenvalue weighted by molar-refractivity contribution is 7.12. The number of ketones is 1. The fourth-order valence-corrected chi connectivity index (χ4v) is 2.50. The third kappa shape index (κ3) is 2.49. The van der Waals surface area contributed by atoms with Crippen molar-refractivity contribution in [3.05, 3.63) is 57.3 Å². The second-order valence-electron chi connectivity index (χ2n) is 3.97. The van der Waals surface area contributed by atoms with E-state index < -0.39 is 5.97 Å². The van der Waals surface area contributed by atoms with Crippen LogP contribution in [0.5, 0.6) is 0 Å². The van der Waals surface area contributed by atoms with E-state index in [1.807, 2.05) is 11.4 Å². The summed E-state index contributed by atoms with van der Waals surface area (Å²) >= 11 is 1.39. The molecule has 1 aromatic heterocycles. The van der Waals surface area contributed by atoms with Crippen molar-refractivity contribution < 1.29 is 14.7 Å². The number of aliphatic carboxylic acids is 1. The van der Waals surface area contributed by atoms with Crippen molar-refractivity contribution in [2.75, 3.05) is 0 Å². The molecular weight excluding hydrogens is 248 g/mol. The fraction of sp³-hybridized carbons (Fsp3) is 0.143. The predicted octanol–water partition coefficient (Wildman–Crippen LogP) is 2.91. The van der Waals surface area contributed by atoms with Crippen molar-refractivity contribution in [3.8, 4) is 0 Å². The first-order valence-electron chi connectivity index (χ1n) is 5.48. The quantitative estimate of drug-likeness (QED) is 0.860. The number of benzene rings is 1. The monoisotopic (exact) mass is 260 g/mol. The SMILES string of the molecule is Cc1c(CC(=O)O)cccc1C(=O)c1cccs1. The number of hydrogen-bond donors (Lipinski definition) is 1. The van der Waals surface area contributed by atoms with E-state index in [-0.39, 0.29) is 12.2 Å². The maximum Gasteiger partial charge on any atom is 0.307 e. The summed E-state index contributed by atoms with van der Waals surface area (Å²) in [5.41, 5.74) is 2.01. The van der Waals surface area contributed by atoms with Crippen LogP contribution in [0.3, 0.4) is 0 Å². The molecule has 0 aliphatic rings. The minimum atomic E-state index is -0.890. The number of carboxylic acids is 1. The number of rotatable bonds is 4. The van der Waals surface area contributed by atoms with Gasteiger partial charge in [0.05, 0.1) is 11.3 Å². The first-order valence-corrected chi connectivity index (χ1v) is 6.36. The van der Waals surface area contributed by atoms with Crippen LogP contribution >= 0.6 is 11.3 Å². The maximum atomic E-state index is 12.2. The summed E-state index contributed by atoms with van der Waals surface area (Å²) in [4.78, 5) is 23.6. The molecule has 0 radical (unpaired) electrons. The van der Waals surface area contributed by atoms with Gasteiger partial charge in [-0.05, 0) is 29.5 Å². The second-order valence-corrected chi connectivity index (χ2v) is 4.91. The Kier molecular flexibility index (Phi) is 3.58. The van der Waals surface area contributed by atoms with Gasteiger partial charge in [-0.3, -0.25) is 9.59 Å². The minimum Gasteiger partial charge on any atom is -0.481 e.